The summed E-state index contributed by atoms with van der Waals surface area (Å²) >= 11 is 11.8. The third-order valence-electron chi connectivity index (χ3n) is 2.99. The van der Waals surface area contributed by atoms with Crippen molar-refractivity contribution in [1.82, 2.24) is 10.2 Å². The van der Waals surface area contributed by atoms with E-state index in [0.717, 1.165) is 31.7 Å². The van der Waals surface area contributed by atoms with Crippen molar-refractivity contribution in [2.24, 2.45) is 0 Å². The zero-order valence-electron chi connectivity index (χ0n) is 10.1. The number of hydrogen-bond acceptors (Lipinski definition) is 3. The van der Waals surface area contributed by atoms with Gasteiger partial charge in [-0.25, -0.2) is 0 Å². The van der Waals surface area contributed by atoms with Crippen molar-refractivity contribution < 1.29 is 4.79 Å². The minimum absolute atomic E-state index is 0.218. The highest BCUT2D eigenvalue weighted by atomic mass is 35.5. The van der Waals surface area contributed by atoms with E-state index >= 15 is 0 Å². The van der Waals surface area contributed by atoms with Gasteiger partial charge in [0.05, 0.1) is 16.6 Å². The van der Waals surface area contributed by atoms with E-state index in [1.807, 2.05) is 6.07 Å². The van der Waals surface area contributed by atoms with Crippen molar-refractivity contribution in [3.8, 4) is 0 Å². The molecule has 1 fully saturated rings. The highest BCUT2D eigenvalue weighted by molar-refractivity contribution is 6.42. The van der Waals surface area contributed by atoms with Gasteiger partial charge in [-0.05, 0) is 17.7 Å². The van der Waals surface area contributed by atoms with Gasteiger partial charge >= 0.3 is 0 Å². The van der Waals surface area contributed by atoms with Gasteiger partial charge in [-0.2, -0.15) is 0 Å². The van der Waals surface area contributed by atoms with Crippen LogP contribution >= 0.6 is 23.2 Å². The van der Waals surface area contributed by atoms with Crippen LogP contribution in [0.15, 0.2) is 18.2 Å². The minimum Gasteiger partial charge on any atom is -0.314 e. The first-order valence-corrected chi connectivity index (χ1v) is 6.79. The fraction of sp³-hybridized carbons (Fsp3) is 0.462. The normalized spacial score (nSPS) is 16.8. The average molecular weight is 287 g/mol. The Kier molecular flexibility index (Phi) is 5.01. The summed E-state index contributed by atoms with van der Waals surface area (Å²) in [5, 5.41) is 4.29. The Hall–Kier alpha value is -0.610. The van der Waals surface area contributed by atoms with Crippen molar-refractivity contribution in [1.29, 1.82) is 0 Å². The van der Waals surface area contributed by atoms with E-state index in [0.29, 0.717) is 23.0 Å². The van der Waals surface area contributed by atoms with Crippen molar-refractivity contribution in [2.45, 2.75) is 6.42 Å². The van der Waals surface area contributed by atoms with Gasteiger partial charge < -0.3 is 5.32 Å². The van der Waals surface area contributed by atoms with E-state index < -0.39 is 0 Å². The second-order valence-electron chi connectivity index (χ2n) is 4.49. The smallest absolute Gasteiger partial charge is 0.151 e. The van der Waals surface area contributed by atoms with Gasteiger partial charge in [-0.3, -0.25) is 9.69 Å². The Morgan fingerprint density at radius 1 is 1.22 bits per heavy atom. The molecule has 18 heavy (non-hydrogen) atoms. The van der Waals surface area contributed by atoms with Crippen LogP contribution in [0.25, 0.3) is 0 Å². The van der Waals surface area contributed by atoms with E-state index in [9.17, 15) is 4.79 Å². The first-order chi connectivity index (χ1) is 8.65. The van der Waals surface area contributed by atoms with Gasteiger partial charge in [0, 0.05) is 32.6 Å². The Morgan fingerprint density at radius 3 is 2.61 bits per heavy atom. The summed E-state index contributed by atoms with van der Waals surface area (Å²) in [4.78, 5) is 14.1. The van der Waals surface area contributed by atoms with Crippen LogP contribution in [0.3, 0.4) is 0 Å². The molecule has 1 N–H and O–H groups in total. The number of ketones is 1. The van der Waals surface area contributed by atoms with E-state index in [1.165, 1.54) is 0 Å². The number of halogens is 2. The van der Waals surface area contributed by atoms with Crippen molar-refractivity contribution >= 4 is 29.0 Å². The maximum Gasteiger partial charge on any atom is 0.151 e. The molecule has 0 spiro atoms. The molecular weight excluding hydrogens is 271 g/mol. The second kappa shape index (κ2) is 6.53. The molecule has 1 aromatic rings. The topological polar surface area (TPSA) is 32.3 Å². The van der Waals surface area contributed by atoms with Gasteiger partial charge in [-0.1, -0.05) is 29.3 Å². The van der Waals surface area contributed by atoms with Crippen LogP contribution in [0, 0.1) is 0 Å². The predicted molar refractivity (Wildman–Crippen MR) is 74.5 cm³/mol. The van der Waals surface area contributed by atoms with Crippen molar-refractivity contribution in [2.75, 3.05) is 32.7 Å². The highest BCUT2D eigenvalue weighted by Gasteiger charge is 2.14. The second-order valence-corrected chi connectivity index (χ2v) is 5.30. The molecule has 2 rings (SSSR count). The summed E-state index contributed by atoms with van der Waals surface area (Å²) in [7, 11) is 0. The van der Waals surface area contributed by atoms with Crippen LogP contribution in [0.5, 0.6) is 0 Å². The van der Waals surface area contributed by atoms with Crippen molar-refractivity contribution in [3.05, 3.63) is 33.8 Å². The zero-order valence-corrected chi connectivity index (χ0v) is 11.6. The number of nitrogens with zero attached hydrogens (tertiary/aromatic N) is 1. The average Bonchev–Trinajstić information content (AvgIpc) is 2.35. The molecule has 3 nitrogen and oxygen atoms in total. The number of hydrogen-bond donors (Lipinski definition) is 1. The number of nitrogens with one attached hydrogen (secondary N) is 1. The van der Waals surface area contributed by atoms with E-state index in [1.54, 1.807) is 12.1 Å². The summed E-state index contributed by atoms with van der Waals surface area (Å²) in [5.41, 5.74) is 0.921. The van der Waals surface area contributed by atoms with Crippen LogP contribution < -0.4 is 5.32 Å². The molecule has 0 radical (unpaired) electrons. The van der Waals surface area contributed by atoms with Gasteiger partial charge in [0.15, 0.2) is 5.78 Å². The van der Waals surface area contributed by atoms with Crippen LogP contribution in [0.4, 0.5) is 0 Å². The first-order valence-electron chi connectivity index (χ1n) is 6.04. The number of Topliss-reactive ketones (excluding diaryl/α,β-unsaturated/α-hetero) is 1. The SMILES string of the molecule is O=C(Cc1ccc(Cl)c(Cl)c1)CN1CCNCC1. The summed E-state index contributed by atoms with van der Waals surface area (Å²) in [6.07, 6.45) is 0.417. The molecule has 0 aromatic heterocycles. The fourth-order valence-corrected chi connectivity index (χ4v) is 2.37. The number of piperazine rings is 1. The number of carbonyl (C=O) groups is 1. The lowest BCUT2D eigenvalue weighted by molar-refractivity contribution is -0.119. The van der Waals surface area contributed by atoms with Crippen molar-refractivity contribution in [3.63, 3.8) is 0 Å². The summed E-state index contributed by atoms with van der Waals surface area (Å²) < 4.78 is 0. The van der Waals surface area contributed by atoms with E-state index in [-0.39, 0.29) is 5.78 Å². The maximum absolute atomic E-state index is 11.9. The van der Waals surface area contributed by atoms with Crippen LogP contribution in [0.2, 0.25) is 10.0 Å². The molecule has 1 heterocycles. The molecule has 5 heteroatoms. The number of carbonyl (C=O) groups excluding carboxylic acids is 1. The zero-order chi connectivity index (χ0) is 13.0. The molecule has 0 bridgehead atoms. The quantitative estimate of drug-likeness (QED) is 0.919. The third-order valence-corrected chi connectivity index (χ3v) is 3.73. The summed E-state index contributed by atoms with van der Waals surface area (Å²) in [6, 6.07) is 5.35. The molecule has 1 saturated heterocycles. The van der Waals surface area contributed by atoms with Gasteiger partial charge in [-0.15, -0.1) is 0 Å². The molecule has 0 aliphatic carbocycles. The monoisotopic (exact) mass is 286 g/mol. The molecule has 1 aromatic carbocycles. The molecule has 0 saturated carbocycles. The standard InChI is InChI=1S/C13H16Cl2N2O/c14-12-2-1-10(8-13(12)15)7-11(18)9-17-5-3-16-4-6-17/h1-2,8,16H,3-7,9H2. The largest absolute Gasteiger partial charge is 0.314 e. The minimum atomic E-state index is 0.218. The molecular formula is C13H16Cl2N2O. The molecule has 0 atom stereocenters. The number of rotatable bonds is 4. The fourth-order valence-electron chi connectivity index (χ4n) is 2.05. The Morgan fingerprint density at radius 2 is 1.94 bits per heavy atom. The Balaban J connectivity index is 1.88. The molecule has 0 unspecified atom stereocenters. The Bertz CT molecular complexity index is 431. The highest BCUT2D eigenvalue weighted by Crippen LogP contribution is 2.22. The van der Waals surface area contributed by atoms with Gasteiger partial charge in [0.2, 0.25) is 0 Å². The van der Waals surface area contributed by atoms with Crippen LogP contribution in [0.1, 0.15) is 5.56 Å². The lowest BCUT2D eigenvalue weighted by atomic mass is 10.1. The summed E-state index contributed by atoms with van der Waals surface area (Å²) in [6.45, 7) is 4.31. The molecule has 98 valence electrons. The van der Waals surface area contributed by atoms with Crippen LogP contribution in [-0.2, 0) is 11.2 Å². The predicted octanol–water partition coefficient (Wildman–Crippen LogP) is 2.01. The molecule has 1 aliphatic rings. The lowest BCUT2D eigenvalue weighted by Crippen LogP contribution is -2.45. The third kappa shape index (κ3) is 3.95. The van der Waals surface area contributed by atoms with Gasteiger partial charge in [0.25, 0.3) is 0 Å². The van der Waals surface area contributed by atoms with E-state index in [4.69, 9.17) is 23.2 Å². The molecule has 0 amide bonds. The van der Waals surface area contributed by atoms with Crippen LogP contribution in [-0.4, -0.2) is 43.4 Å². The number of benzene rings is 1. The first kappa shape index (κ1) is 13.8. The Labute approximate surface area is 117 Å². The van der Waals surface area contributed by atoms with E-state index in [2.05, 4.69) is 10.2 Å². The summed E-state index contributed by atoms with van der Waals surface area (Å²) in [5.74, 6) is 0.218. The molecule has 1 aliphatic heterocycles. The maximum atomic E-state index is 11.9. The lowest BCUT2D eigenvalue weighted by Gasteiger charge is -2.26. The van der Waals surface area contributed by atoms with Gasteiger partial charge in [0.1, 0.15) is 0 Å².